The summed E-state index contributed by atoms with van der Waals surface area (Å²) in [6.07, 6.45) is 6.57. The summed E-state index contributed by atoms with van der Waals surface area (Å²) in [6.45, 7) is 5.54. The first kappa shape index (κ1) is 34.4. The van der Waals surface area contributed by atoms with Crippen molar-refractivity contribution >= 4 is 29.4 Å². The Labute approximate surface area is 286 Å². The summed E-state index contributed by atoms with van der Waals surface area (Å²) in [5, 5.41) is 13.7. The standard InChI is InChI=1S/C38H45N3O8/c1-23(2)21-27(22-42)41-34-36(45)40(26-14-16-28(47-4)17-15-26)20-10-6-9-13-30(43)39-24(3)33(25-11-7-5-8-12-25)48-37(46)31-29-18-19-38(34,49-29)32(31)35(41)44/h5-8,10-12,14-19,23-24,27,29,31-34,42H,9,13,20-22H2,1-4H3,(H,39,43)/b10-6-/t24-,27-,29+,31-,32-,33+,34+,38-/m1/s1. The summed E-state index contributed by atoms with van der Waals surface area (Å²) in [6, 6.07) is 13.8. The Balaban J connectivity index is 1.47. The minimum absolute atomic E-state index is 0.0988. The number of hydrogen-bond donors (Lipinski definition) is 2. The van der Waals surface area contributed by atoms with Crippen molar-refractivity contribution in [3.63, 3.8) is 0 Å². The van der Waals surface area contributed by atoms with E-state index < -0.39 is 65.6 Å². The Morgan fingerprint density at radius 2 is 1.76 bits per heavy atom. The first-order valence-electron chi connectivity index (χ1n) is 17.0. The van der Waals surface area contributed by atoms with Crippen LogP contribution in [0.1, 0.15) is 51.7 Å². The molecular formula is C38H45N3O8. The second-order valence-electron chi connectivity index (χ2n) is 13.7. The van der Waals surface area contributed by atoms with E-state index in [0.29, 0.717) is 29.8 Å². The fraction of sp³-hybridized carbons (Fsp3) is 0.474. The van der Waals surface area contributed by atoms with Gasteiger partial charge in [-0.1, -0.05) is 68.5 Å². The molecule has 8 atom stereocenters. The fourth-order valence-corrected chi connectivity index (χ4v) is 7.82. The number of benzene rings is 2. The number of allylic oxidation sites excluding steroid dienone is 1. The van der Waals surface area contributed by atoms with Gasteiger partial charge in [0.25, 0.3) is 5.91 Å². The van der Waals surface area contributed by atoms with Crippen LogP contribution in [0.4, 0.5) is 5.69 Å². The van der Waals surface area contributed by atoms with Crippen molar-refractivity contribution < 1.29 is 38.5 Å². The third-order valence-corrected chi connectivity index (χ3v) is 10.0. The third-order valence-electron chi connectivity index (χ3n) is 10.0. The average molecular weight is 672 g/mol. The van der Waals surface area contributed by atoms with Crippen LogP contribution in [0, 0.1) is 17.8 Å². The maximum atomic E-state index is 15.0. The number of hydrogen-bond acceptors (Lipinski definition) is 8. The number of fused-ring (bicyclic) bond motifs is 2. The molecule has 2 saturated heterocycles. The molecule has 3 amide bonds. The smallest absolute Gasteiger partial charge is 0.313 e. The van der Waals surface area contributed by atoms with Gasteiger partial charge < -0.3 is 34.4 Å². The van der Waals surface area contributed by atoms with Gasteiger partial charge in [-0.25, -0.2) is 0 Å². The third kappa shape index (κ3) is 6.37. The van der Waals surface area contributed by atoms with Crippen molar-refractivity contribution in [2.75, 3.05) is 25.2 Å². The lowest BCUT2D eigenvalue weighted by molar-refractivity contribution is -0.161. The lowest BCUT2D eigenvalue weighted by Gasteiger charge is -2.39. The van der Waals surface area contributed by atoms with Crippen LogP contribution in [-0.4, -0.2) is 83.8 Å². The molecule has 4 heterocycles. The number of esters is 1. The van der Waals surface area contributed by atoms with Gasteiger partial charge in [0.1, 0.15) is 29.4 Å². The van der Waals surface area contributed by atoms with Gasteiger partial charge in [0.2, 0.25) is 11.8 Å². The van der Waals surface area contributed by atoms with E-state index in [1.165, 1.54) is 4.90 Å². The molecule has 2 N–H and O–H groups in total. The zero-order valence-electron chi connectivity index (χ0n) is 28.4. The number of amides is 3. The van der Waals surface area contributed by atoms with Crippen molar-refractivity contribution in [2.45, 2.75) is 76.0 Å². The van der Waals surface area contributed by atoms with Crippen molar-refractivity contribution in [3.05, 3.63) is 84.5 Å². The second-order valence-corrected chi connectivity index (χ2v) is 13.7. The van der Waals surface area contributed by atoms with E-state index in [-0.39, 0.29) is 31.4 Å². The molecule has 4 aliphatic rings. The minimum Gasteiger partial charge on any atom is -0.497 e. The molecule has 0 aromatic heterocycles. The van der Waals surface area contributed by atoms with Crippen LogP contribution < -0.4 is 15.0 Å². The molecule has 11 nitrogen and oxygen atoms in total. The molecule has 0 radical (unpaired) electrons. The van der Waals surface area contributed by atoms with Gasteiger partial charge >= 0.3 is 5.97 Å². The van der Waals surface area contributed by atoms with Crippen LogP contribution in [-0.2, 0) is 28.7 Å². The van der Waals surface area contributed by atoms with E-state index in [1.807, 2.05) is 56.3 Å². The van der Waals surface area contributed by atoms with Gasteiger partial charge in [0, 0.05) is 18.7 Å². The fourth-order valence-electron chi connectivity index (χ4n) is 7.82. The largest absolute Gasteiger partial charge is 0.497 e. The molecule has 4 aliphatic heterocycles. The summed E-state index contributed by atoms with van der Waals surface area (Å²) in [5.74, 6) is -3.10. The van der Waals surface area contributed by atoms with Crippen LogP contribution >= 0.6 is 0 Å². The van der Waals surface area contributed by atoms with Gasteiger partial charge in [0.15, 0.2) is 0 Å². The molecule has 1 spiro atoms. The van der Waals surface area contributed by atoms with E-state index in [0.717, 1.165) is 0 Å². The van der Waals surface area contributed by atoms with Crippen molar-refractivity contribution in [2.24, 2.45) is 17.8 Å². The number of cyclic esters (lactones) is 1. The topological polar surface area (TPSA) is 135 Å². The number of aliphatic hydroxyl groups is 1. The number of nitrogens with one attached hydrogen (secondary N) is 1. The van der Waals surface area contributed by atoms with Crippen LogP contribution in [0.5, 0.6) is 5.75 Å². The average Bonchev–Trinajstić information content (AvgIpc) is 3.74. The monoisotopic (exact) mass is 671 g/mol. The van der Waals surface area contributed by atoms with Crippen LogP contribution in [0.3, 0.4) is 0 Å². The normalized spacial score (nSPS) is 31.5. The number of likely N-dealkylation sites (tertiary alicyclic amines) is 1. The molecule has 2 fully saturated rings. The number of carbonyl (C=O) groups is 4. The highest BCUT2D eigenvalue weighted by atomic mass is 16.6. The number of anilines is 1. The first-order valence-corrected chi connectivity index (χ1v) is 17.0. The quantitative estimate of drug-likeness (QED) is 0.336. The van der Waals surface area contributed by atoms with Gasteiger partial charge in [0.05, 0.1) is 37.8 Å². The van der Waals surface area contributed by atoms with Gasteiger partial charge in [-0.3, -0.25) is 19.2 Å². The number of nitrogens with zero attached hydrogens (tertiary/aromatic N) is 2. The lowest BCUT2D eigenvalue weighted by atomic mass is 9.74. The first-order chi connectivity index (χ1) is 23.6. The van der Waals surface area contributed by atoms with E-state index in [2.05, 4.69) is 5.32 Å². The van der Waals surface area contributed by atoms with Crippen molar-refractivity contribution in [3.8, 4) is 5.75 Å². The Morgan fingerprint density at radius 1 is 1.02 bits per heavy atom. The summed E-state index contributed by atoms with van der Waals surface area (Å²) in [7, 11) is 1.56. The number of ether oxygens (including phenoxy) is 3. The highest BCUT2D eigenvalue weighted by Gasteiger charge is 2.74. The van der Waals surface area contributed by atoms with E-state index in [9.17, 15) is 19.5 Å². The molecule has 0 saturated carbocycles. The summed E-state index contributed by atoms with van der Waals surface area (Å²) in [5.41, 5.74) is -0.206. The second kappa shape index (κ2) is 14.2. The van der Waals surface area contributed by atoms with E-state index in [1.54, 1.807) is 55.4 Å². The maximum Gasteiger partial charge on any atom is 0.313 e. The molecule has 2 aromatic carbocycles. The number of rotatable bonds is 7. The Morgan fingerprint density at radius 3 is 2.43 bits per heavy atom. The van der Waals surface area contributed by atoms with Gasteiger partial charge in [-0.2, -0.15) is 0 Å². The summed E-state index contributed by atoms with van der Waals surface area (Å²) < 4.78 is 18.2. The Kier molecular flexibility index (Phi) is 9.94. The predicted molar refractivity (Wildman–Crippen MR) is 181 cm³/mol. The van der Waals surface area contributed by atoms with Crippen molar-refractivity contribution in [1.29, 1.82) is 0 Å². The SMILES string of the molecule is COc1ccc(N2C/C=C\CCC(=O)N[C@H](C)[C@@H](c3ccccc3)OC(=O)[C@@H]3[C@@H]4C=C[C@]5(O4)[C@H](C2=O)N([C@@H](CO)CC(C)C)C(=O)[C@@H]35)cc1. The predicted octanol–water partition coefficient (Wildman–Crippen LogP) is 3.73. The zero-order chi connectivity index (χ0) is 34.9. The van der Waals surface area contributed by atoms with Crippen LogP contribution in [0.25, 0.3) is 0 Å². The number of carbonyl (C=O) groups excluding carboxylic acids is 4. The molecule has 0 aliphatic carbocycles. The molecule has 5 bridgehead atoms. The molecule has 6 rings (SSSR count). The van der Waals surface area contributed by atoms with Gasteiger partial charge in [-0.15, -0.1) is 0 Å². The highest BCUT2D eigenvalue weighted by Crippen LogP contribution is 2.56. The molecular weight excluding hydrogens is 626 g/mol. The molecule has 49 heavy (non-hydrogen) atoms. The van der Waals surface area contributed by atoms with E-state index >= 15 is 4.79 Å². The van der Waals surface area contributed by atoms with Crippen molar-refractivity contribution in [1.82, 2.24) is 10.2 Å². The maximum absolute atomic E-state index is 15.0. The van der Waals surface area contributed by atoms with Crippen LogP contribution in [0.2, 0.25) is 0 Å². The van der Waals surface area contributed by atoms with Gasteiger partial charge in [-0.05, 0) is 55.5 Å². The minimum atomic E-state index is -1.46. The highest BCUT2D eigenvalue weighted by molar-refractivity contribution is 6.05. The Hall–Kier alpha value is -4.48. The summed E-state index contributed by atoms with van der Waals surface area (Å²) >= 11 is 0. The number of aliphatic hydroxyl groups excluding tert-OH is 1. The number of methoxy groups -OCH3 is 1. The lowest BCUT2D eigenvalue weighted by Crippen LogP contribution is -2.59. The van der Waals surface area contributed by atoms with E-state index in [4.69, 9.17) is 14.2 Å². The van der Waals surface area contributed by atoms with Crippen LogP contribution in [0.15, 0.2) is 78.9 Å². The Bertz CT molecular complexity index is 1610. The zero-order valence-corrected chi connectivity index (χ0v) is 28.4. The molecule has 11 heteroatoms. The molecule has 2 aromatic rings. The summed E-state index contributed by atoms with van der Waals surface area (Å²) in [4.78, 5) is 60.1. The molecule has 260 valence electrons. The molecule has 0 unspecified atom stereocenters.